The summed E-state index contributed by atoms with van der Waals surface area (Å²) in [7, 11) is 0. The quantitative estimate of drug-likeness (QED) is 0.0560. The van der Waals surface area contributed by atoms with Crippen LogP contribution in [0.5, 0.6) is 0 Å². The molecule has 0 aromatic carbocycles. The van der Waals surface area contributed by atoms with Crippen molar-refractivity contribution in [3.05, 3.63) is 0 Å². The van der Waals surface area contributed by atoms with E-state index in [0.717, 1.165) is 0 Å². The third-order valence-electron chi connectivity index (χ3n) is 4.77. The number of aliphatic imine (C=N–C) groups is 1. The van der Waals surface area contributed by atoms with Gasteiger partial charge in [-0.3, -0.25) is 19.4 Å². The van der Waals surface area contributed by atoms with Gasteiger partial charge in [0.1, 0.15) is 18.1 Å². The number of hydrogen-bond acceptors (Lipinski definition) is 7. The molecule has 0 aliphatic heterocycles. The highest BCUT2D eigenvalue weighted by atomic mass is 32.1. The molecule has 0 aromatic rings. The number of nitrogens with zero attached hydrogens (tertiary/aromatic N) is 1. The average Bonchev–Trinajstić information content (AvgIpc) is 2.72. The van der Waals surface area contributed by atoms with Gasteiger partial charge in [0.05, 0.1) is 6.04 Å². The van der Waals surface area contributed by atoms with E-state index in [9.17, 15) is 24.3 Å². The van der Waals surface area contributed by atoms with Crippen LogP contribution in [0.25, 0.3) is 0 Å². The van der Waals surface area contributed by atoms with Gasteiger partial charge in [-0.2, -0.15) is 12.6 Å². The van der Waals surface area contributed by atoms with Crippen molar-refractivity contribution in [2.75, 3.05) is 12.3 Å². The molecule has 0 saturated carbocycles. The first-order valence-electron chi connectivity index (χ1n) is 11.3. The number of carbonyl (C=O) groups excluding carboxylic acids is 3. The normalized spacial score (nSPS) is 14.6. The maximum absolute atomic E-state index is 13.0. The zero-order valence-corrected chi connectivity index (χ0v) is 21.3. The summed E-state index contributed by atoms with van der Waals surface area (Å²) in [5.74, 6) is -2.85. The molecule has 0 aromatic heterocycles. The zero-order chi connectivity index (χ0) is 26.4. The second-order valence-corrected chi connectivity index (χ2v) is 9.38. The van der Waals surface area contributed by atoms with Crippen LogP contribution in [0.2, 0.25) is 0 Å². The predicted octanol–water partition coefficient (Wildman–Crippen LogP) is -1.07. The van der Waals surface area contributed by atoms with Crippen LogP contribution >= 0.6 is 12.6 Å². The Morgan fingerprint density at radius 1 is 0.853 bits per heavy atom. The number of thiol groups is 1. The Morgan fingerprint density at radius 2 is 1.32 bits per heavy atom. The molecule has 4 unspecified atom stereocenters. The number of carboxylic acid groups (broad SMARTS) is 1. The highest BCUT2D eigenvalue weighted by Crippen LogP contribution is 2.09. The fourth-order valence-corrected chi connectivity index (χ4v) is 3.24. The molecule has 10 N–H and O–H groups in total. The monoisotopic (exact) mass is 503 g/mol. The van der Waals surface area contributed by atoms with Crippen molar-refractivity contribution >= 4 is 42.3 Å². The molecule has 196 valence electrons. The van der Waals surface area contributed by atoms with Crippen molar-refractivity contribution in [1.29, 1.82) is 0 Å². The molecule has 0 heterocycles. The maximum atomic E-state index is 13.0. The smallest absolute Gasteiger partial charge is 0.326 e. The van der Waals surface area contributed by atoms with Gasteiger partial charge in [-0.05, 0) is 37.5 Å². The van der Waals surface area contributed by atoms with Crippen LogP contribution in [0.15, 0.2) is 4.99 Å². The zero-order valence-electron chi connectivity index (χ0n) is 20.4. The van der Waals surface area contributed by atoms with E-state index in [2.05, 4.69) is 33.6 Å². The van der Waals surface area contributed by atoms with Crippen molar-refractivity contribution < 1.29 is 24.3 Å². The summed E-state index contributed by atoms with van der Waals surface area (Å²) in [5, 5.41) is 17.2. The minimum Gasteiger partial charge on any atom is -0.480 e. The lowest BCUT2D eigenvalue weighted by molar-refractivity contribution is -0.142. The van der Waals surface area contributed by atoms with Crippen LogP contribution in [0.3, 0.4) is 0 Å². The average molecular weight is 504 g/mol. The summed E-state index contributed by atoms with van der Waals surface area (Å²) in [5.41, 5.74) is 16.3. The molecule has 0 aliphatic carbocycles. The molecule has 0 rings (SSSR count). The summed E-state index contributed by atoms with van der Waals surface area (Å²) < 4.78 is 0. The second kappa shape index (κ2) is 16.1. The van der Waals surface area contributed by atoms with E-state index < -0.39 is 47.9 Å². The van der Waals surface area contributed by atoms with E-state index in [-0.39, 0.29) is 42.9 Å². The Balaban J connectivity index is 5.59. The summed E-state index contributed by atoms with van der Waals surface area (Å²) in [4.78, 5) is 53.6. The Kier molecular flexibility index (Phi) is 14.9. The summed E-state index contributed by atoms with van der Waals surface area (Å²) >= 11 is 4.00. The molecule has 4 atom stereocenters. The van der Waals surface area contributed by atoms with E-state index in [1.54, 1.807) is 0 Å². The Labute approximate surface area is 206 Å². The maximum Gasteiger partial charge on any atom is 0.326 e. The van der Waals surface area contributed by atoms with Gasteiger partial charge < -0.3 is 38.3 Å². The van der Waals surface area contributed by atoms with E-state index in [1.165, 1.54) is 0 Å². The van der Waals surface area contributed by atoms with Crippen LogP contribution in [0.1, 0.15) is 53.4 Å². The lowest BCUT2D eigenvalue weighted by Gasteiger charge is -2.26. The van der Waals surface area contributed by atoms with Crippen LogP contribution in [-0.4, -0.2) is 71.2 Å². The SMILES string of the molecule is CC(C)CC(NC(=O)C(CCCN=C(N)N)NC(=O)C(CC(C)C)NC(=O)C(N)CS)C(=O)O. The number of carbonyl (C=O) groups is 4. The van der Waals surface area contributed by atoms with Crippen molar-refractivity contribution in [2.45, 2.75) is 77.5 Å². The Bertz CT molecular complexity index is 714. The Hall–Kier alpha value is -2.54. The minimum absolute atomic E-state index is 0.0259. The number of rotatable bonds is 16. The number of amides is 3. The van der Waals surface area contributed by atoms with Gasteiger partial charge in [0.2, 0.25) is 17.7 Å². The van der Waals surface area contributed by atoms with Crippen LogP contribution in [0, 0.1) is 11.8 Å². The summed E-state index contributed by atoms with van der Waals surface area (Å²) in [6.07, 6.45) is 1.04. The summed E-state index contributed by atoms with van der Waals surface area (Å²) in [6, 6.07) is -3.99. The number of hydrogen-bond donors (Lipinski definition) is 8. The molecule has 0 spiro atoms. The van der Waals surface area contributed by atoms with Gasteiger partial charge in [-0.1, -0.05) is 27.7 Å². The van der Waals surface area contributed by atoms with Gasteiger partial charge in [0, 0.05) is 12.3 Å². The molecule has 12 nitrogen and oxygen atoms in total. The van der Waals surface area contributed by atoms with Crippen molar-refractivity contribution in [3.63, 3.8) is 0 Å². The third-order valence-corrected chi connectivity index (χ3v) is 5.17. The highest BCUT2D eigenvalue weighted by Gasteiger charge is 2.30. The molecule has 0 fully saturated rings. The molecular weight excluding hydrogens is 462 g/mol. The van der Waals surface area contributed by atoms with E-state index in [4.69, 9.17) is 17.2 Å². The standard InChI is InChI=1S/C21H41N7O5S/c1-11(2)8-15(27-17(29)13(22)10-34)19(31)26-14(6-5-7-25-21(23)24)18(30)28-16(20(32)33)9-12(3)4/h11-16,34H,5-10,22H2,1-4H3,(H,26,31)(H,27,29)(H,28,30)(H,32,33)(H4,23,24,25). The fourth-order valence-electron chi connectivity index (χ4n) is 3.07. The number of guanidine groups is 1. The molecule has 13 heteroatoms. The minimum atomic E-state index is -1.17. The third kappa shape index (κ3) is 13.2. The highest BCUT2D eigenvalue weighted by molar-refractivity contribution is 7.80. The summed E-state index contributed by atoms with van der Waals surface area (Å²) in [6.45, 7) is 7.66. The van der Waals surface area contributed by atoms with Crippen molar-refractivity contribution in [3.8, 4) is 0 Å². The van der Waals surface area contributed by atoms with Gasteiger partial charge in [0.15, 0.2) is 5.96 Å². The Morgan fingerprint density at radius 3 is 1.79 bits per heavy atom. The predicted molar refractivity (Wildman–Crippen MR) is 134 cm³/mol. The van der Waals surface area contributed by atoms with E-state index in [0.29, 0.717) is 12.8 Å². The number of aliphatic carboxylic acids is 1. The molecule has 0 saturated heterocycles. The lowest BCUT2D eigenvalue weighted by atomic mass is 10.0. The van der Waals surface area contributed by atoms with E-state index in [1.807, 2.05) is 27.7 Å². The van der Waals surface area contributed by atoms with Crippen molar-refractivity contribution in [1.82, 2.24) is 16.0 Å². The van der Waals surface area contributed by atoms with Crippen LogP contribution in [0.4, 0.5) is 0 Å². The number of nitrogens with two attached hydrogens (primary N) is 3. The van der Waals surface area contributed by atoms with E-state index >= 15 is 0 Å². The molecule has 34 heavy (non-hydrogen) atoms. The molecule has 0 bridgehead atoms. The van der Waals surface area contributed by atoms with Gasteiger partial charge in [-0.25, -0.2) is 4.79 Å². The number of nitrogens with one attached hydrogen (secondary N) is 3. The fraction of sp³-hybridized carbons (Fsp3) is 0.762. The van der Waals surface area contributed by atoms with Gasteiger partial charge in [-0.15, -0.1) is 0 Å². The van der Waals surface area contributed by atoms with Crippen molar-refractivity contribution in [2.24, 2.45) is 34.0 Å². The molecule has 3 amide bonds. The van der Waals surface area contributed by atoms with Gasteiger partial charge >= 0.3 is 5.97 Å². The lowest BCUT2D eigenvalue weighted by Crippen LogP contribution is -2.57. The topological polar surface area (TPSA) is 215 Å². The van der Waals surface area contributed by atoms with Crippen LogP contribution in [-0.2, 0) is 19.2 Å². The van der Waals surface area contributed by atoms with Gasteiger partial charge in [0.25, 0.3) is 0 Å². The first-order chi connectivity index (χ1) is 15.8. The molecule has 0 aliphatic rings. The first-order valence-corrected chi connectivity index (χ1v) is 12.0. The largest absolute Gasteiger partial charge is 0.480 e. The molecule has 0 radical (unpaired) electrons. The second-order valence-electron chi connectivity index (χ2n) is 9.02. The molecular formula is C21H41N7O5S. The first kappa shape index (κ1) is 31.5. The van der Waals surface area contributed by atoms with Crippen LogP contribution < -0.4 is 33.2 Å². The number of carboxylic acids is 1.